The minimum absolute atomic E-state index is 0.0285. The van der Waals surface area contributed by atoms with Gasteiger partial charge in [-0.05, 0) is 117 Å². The van der Waals surface area contributed by atoms with Crippen LogP contribution < -0.4 is 14.4 Å². The molecule has 1 N–H and O–H groups in total. The lowest BCUT2D eigenvalue weighted by molar-refractivity contribution is -0.148. The Morgan fingerprint density at radius 1 is 1.23 bits per heavy atom. The highest BCUT2D eigenvalue weighted by Gasteiger charge is 2.45. The van der Waals surface area contributed by atoms with E-state index >= 15 is 0 Å². The van der Waals surface area contributed by atoms with Gasteiger partial charge in [-0.2, -0.15) is 0 Å². The van der Waals surface area contributed by atoms with Crippen molar-refractivity contribution in [3.63, 3.8) is 0 Å². The molecule has 2 amide bonds. The van der Waals surface area contributed by atoms with Crippen molar-refractivity contribution in [1.82, 2.24) is 9.62 Å². The number of hydrogen-bond acceptors (Lipinski definition) is 6. The molecule has 10 heteroatoms. The largest absolute Gasteiger partial charge is 0.490 e. The van der Waals surface area contributed by atoms with E-state index in [0.717, 1.165) is 61.7 Å². The number of benzene rings is 2. The lowest BCUT2D eigenvalue weighted by atomic mass is 9.68. The van der Waals surface area contributed by atoms with Gasteiger partial charge in [-0.1, -0.05) is 36.7 Å². The van der Waals surface area contributed by atoms with Gasteiger partial charge in [0.15, 0.2) is 0 Å². The van der Waals surface area contributed by atoms with Gasteiger partial charge in [-0.15, -0.1) is 0 Å². The Balaban J connectivity index is 1.41. The molecule has 0 radical (unpaired) electrons. The van der Waals surface area contributed by atoms with Crippen LogP contribution in [-0.4, -0.2) is 78.0 Å². The van der Waals surface area contributed by atoms with Gasteiger partial charge in [0.05, 0.1) is 28.1 Å². The van der Waals surface area contributed by atoms with Crippen molar-refractivity contribution in [2.75, 3.05) is 38.7 Å². The zero-order valence-corrected chi connectivity index (χ0v) is 30.3. The van der Waals surface area contributed by atoms with Crippen LogP contribution in [0.15, 0.2) is 48.6 Å². The van der Waals surface area contributed by atoms with Gasteiger partial charge in [0.25, 0.3) is 11.8 Å². The predicted molar refractivity (Wildman–Crippen MR) is 195 cm³/mol. The van der Waals surface area contributed by atoms with Gasteiger partial charge in [-0.25, -0.2) is 4.21 Å². The molecule has 1 fully saturated rings. The van der Waals surface area contributed by atoms with Gasteiger partial charge in [-0.3, -0.25) is 14.3 Å². The highest BCUT2D eigenvalue weighted by molar-refractivity contribution is 7.99. The number of amides is 2. The van der Waals surface area contributed by atoms with Crippen LogP contribution in [-0.2, 0) is 31.1 Å². The Morgan fingerprint density at radius 3 is 2.77 bits per heavy atom. The summed E-state index contributed by atoms with van der Waals surface area (Å²) in [6, 6.07) is 11.8. The second-order valence-corrected chi connectivity index (χ2v) is 17.4. The molecule has 1 spiro atoms. The van der Waals surface area contributed by atoms with Gasteiger partial charge in [0.1, 0.15) is 11.9 Å². The molecule has 0 aromatic heterocycles. The topological polar surface area (TPSA) is 88.2 Å². The van der Waals surface area contributed by atoms with Crippen molar-refractivity contribution in [2.45, 2.75) is 88.1 Å². The molecule has 48 heavy (non-hydrogen) atoms. The Kier molecular flexibility index (Phi) is 10.2. The van der Waals surface area contributed by atoms with E-state index in [9.17, 15) is 13.8 Å². The van der Waals surface area contributed by atoms with Crippen molar-refractivity contribution in [3.05, 3.63) is 70.3 Å². The average molecular weight is 696 g/mol. The van der Waals surface area contributed by atoms with Gasteiger partial charge < -0.3 is 19.3 Å². The number of rotatable bonds is 4. The third-order valence-electron chi connectivity index (χ3n) is 11.0. The molecule has 260 valence electrons. The molecular formula is C38H50ClN3O5S. The molecule has 2 aromatic carbocycles. The second-order valence-electron chi connectivity index (χ2n) is 14.5. The fourth-order valence-corrected chi connectivity index (χ4v) is 9.30. The quantitative estimate of drug-likeness (QED) is 0.303. The summed E-state index contributed by atoms with van der Waals surface area (Å²) in [5.41, 5.74) is 3.60. The number of allylic oxidation sites excluding steroid dienone is 1. The summed E-state index contributed by atoms with van der Waals surface area (Å²) >= 11 is 6.46. The molecule has 1 unspecified atom stereocenters. The van der Waals surface area contributed by atoms with Gasteiger partial charge in [0, 0.05) is 48.4 Å². The first-order valence-corrected chi connectivity index (χ1v) is 19.6. The van der Waals surface area contributed by atoms with E-state index in [4.69, 9.17) is 21.1 Å². The first-order valence-electron chi connectivity index (χ1n) is 17.4. The highest BCUT2D eigenvalue weighted by atomic mass is 35.5. The van der Waals surface area contributed by atoms with E-state index in [2.05, 4.69) is 39.8 Å². The second kappa shape index (κ2) is 14.1. The molecule has 8 nitrogen and oxygen atoms in total. The Labute approximate surface area is 291 Å². The monoisotopic (exact) mass is 695 g/mol. The van der Waals surface area contributed by atoms with Crippen molar-refractivity contribution in [1.29, 1.82) is 0 Å². The first-order chi connectivity index (χ1) is 22.9. The lowest BCUT2D eigenvalue weighted by Gasteiger charge is -2.46. The molecule has 2 heterocycles. The number of fused-ring (bicyclic) bond motifs is 4. The molecule has 6 rings (SSSR count). The minimum atomic E-state index is -2.92. The summed E-state index contributed by atoms with van der Waals surface area (Å²) < 4.78 is 29.7. The van der Waals surface area contributed by atoms with Crippen LogP contribution in [0.25, 0.3) is 0 Å². The molecule has 2 aliphatic heterocycles. The molecule has 1 saturated carbocycles. The number of aryl methyl sites for hydroxylation is 1. The number of carbonyl (C=O) groups excluding carboxylic acids is 2. The molecule has 4 aliphatic rings. The van der Waals surface area contributed by atoms with Crippen LogP contribution in [0.3, 0.4) is 0 Å². The average Bonchev–Trinajstić information content (AvgIpc) is 3.19. The third-order valence-corrected chi connectivity index (χ3v) is 13.3. The molecule has 7 atom stereocenters. The molecule has 0 saturated heterocycles. The fourth-order valence-electron chi connectivity index (χ4n) is 7.96. The number of carbonyl (C=O) groups is 2. The fraction of sp³-hybridized carbons (Fsp3) is 0.553. The maximum absolute atomic E-state index is 13.7. The number of likely N-dealkylation sites (N-methyl/N-ethyl adjacent to an activating group) is 1. The summed E-state index contributed by atoms with van der Waals surface area (Å²) in [5.74, 6) is 4.80. The zero-order valence-electron chi connectivity index (χ0n) is 28.7. The van der Waals surface area contributed by atoms with Crippen molar-refractivity contribution >= 4 is 44.7 Å². The number of nitrogens with zero attached hydrogens (tertiary/aromatic N) is 2. The standard InChI is InChI=1S/C38H50ClN3O5S/c1-6-33(37(44)41(3)4)47-34-12-8-7-10-25(2)48(5,45)40-36(43)27-14-18-35-32(21-27)42(22-28-13-16-30(28)34)23-38(24-46-35)19-9-11-26-20-29(39)15-17-31(26)38/h8,12,14-15,17-18,20-21,25,28,30,33-34H,5-7,9-11,13,16,19,22-24H2,1-4H3,(H,40,43,45)/b12-8+/t25-,28+,30-,33-,34+,38+,48?/m1/s1. The van der Waals surface area contributed by atoms with E-state index in [1.807, 2.05) is 32.0 Å². The van der Waals surface area contributed by atoms with E-state index in [1.54, 1.807) is 25.1 Å². The maximum Gasteiger partial charge on any atom is 0.262 e. The summed E-state index contributed by atoms with van der Waals surface area (Å²) in [6.07, 6.45) is 10.3. The number of ether oxygens (including phenoxy) is 2. The van der Waals surface area contributed by atoms with Crippen LogP contribution in [0.5, 0.6) is 5.75 Å². The van der Waals surface area contributed by atoms with E-state index < -0.39 is 21.7 Å². The van der Waals surface area contributed by atoms with Crippen LogP contribution >= 0.6 is 11.6 Å². The Hall–Kier alpha value is -3.01. The Bertz CT molecular complexity index is 1680. The van der Waals surface area contributed by atoms with Crippen LogP contribution in [0, 0.1) is 11.8 Å². The number of anilines is 1. The van der Waals surface area contributed by atoms with Gasteiger partial charge in [0.2, 0.25) is 0 Å². The van der Waals surface area contributed by atoms with E-state index in [0.29, 0.717) is 37.4 Å². The number of hydrogen-bond donors (Lipinski definition) is 1. The summed E-state index contributed by atoms with van der Waals surface area (Å²) in [7, 11) is 0.616. The third kappa shape index (κ3) is 7.01. The van der Waals surface area contributed by atoms with Crippen molar-refractivity contribution in [2.24, 2.45) is 11.8 Å². The smallest absolute Gasteiger partial charge is 0.262 e. The summed E-state index contributed by atoms with van der Waals surface area (Å²) in [5, 5.41) is 0.407. The molecular weight excluding hydrogens is 646 g/mol. The normalized spacial score (nSPS) is 31.6. The van der Waals surface area contributed by atoms with Gasteiger partial charge >= 0.3 is 0 Å². The van der Waals surface area contributed by atoms with Crippen molar-refractivity contribution < 1.29 is 23.3 Å². The maximum atomic E-state index is 13.7. The van der Waals surface area contributed by atoms with Crippen LogP contribution in [0.4, 0.5) is 5.69 Å². The number of halogens is 1. The predicted octanol–water partition coefficient (Wildman–Crippen LogP) is 6.19. The van der Waals surface area contributed by atoms with Crippen LogP contribution in [0.1, 0.15) is 80.3 Å². The molecule has 2 aliphatic carbocycles. The SMILES string of the molecule is C=S1(=O)NC(=O)c2ccc3c(c2)N(C[C@@H]2CC[C@H]2[C@@H](O[C@H](CC)C(=O)N(C)C)/C=C/CC[C@H]1C)C[C@@]1(CCCc2cc(Cl)ccc21)CO3. The van der Waals surface area contributed by atoms with E-state index in [1.165, 1.54) is 11.1 Å². The summed E-state index contributed by atoms with van der Waals surface area (Å²) in [6.45, 7) is 5.86. The number of nitrogens with one attached hydrogen (secondary N) is 1. The van der Waals surface area contributed by atoms with E-state index in [-0.39, 0.29) is 28.6 Å². The Morgan fingerprint density at radius 2 is 2.04 bits per heavy atom. The lowest BCUT2D eigenvalue weighted by Crippen LogP contribution is -2.50. The minimum Gasteiger partial charge on any atom is -0.490 e. The first kappa shape index (κ1) is 34.8. The molecule has 2 bridgehead atoms. The highest BCUT2D eigenvalue weighted by Crippen LogP contribution is 2.47. The zero-order chi connectivity index (χ0) is 34.2. The van der Waals surface area contributed by atoms with Crippen LogP contribution in [0.2, 0.25) is 5.02 Å². The summed E-state index contributed by atoms with van der Waals surface area (Å²) in [4.78, 5) is 30.7. The van der Waals surface area contributed by atoms with Crippen molar-refractivity contribution in [3.8, 4) is 5.75 Å². The molecule has 2 aromatic rings.